The van der Waals surface area contributed by atoms with Gasteiger partial charge in [-0.25, -0.2) is 0 Å². The van der Waals surface area contributed by atoms with Gasteiger partial charge in [-0.2, -0.15) is 0 Å². The van der Waals surface area contributed by atoms with Gasteiger partial charge in [-0.3, -0.25) is 19.5 Å². The quantitative estimate of drug-likeness (QED) is 0.777. The number of anilines is 1. The summed E-state index contributed by atoms with van der Waals surface area (Å²) in [7, 11) is 0. The largest absolute Gasteiger partial charge is 0.351 e. The summed E-state index contributed by atoms with van der Waals surface area (Å²) < 4.78 is 0. The average Bonchev–Trinajstić information content (AvgIpc) is 3.09. The lowest BCUT2D eigenvalue weighted by atomic mass is 10.0. The fourth-order valence-electron chi connectivity index (χ4n) is 3.65. The minimum absolute atomic E-state index is 0.145. The molecule has 22 heavy (non-hydrogen) atoms. The van der Waals surface area contributed by atoms with Crippen molar-refractivity contribution in [2.75, 3.05) is 18.4 Å². The molecule has 118 valence electrons. The summed E-state index contributed by atoms with van der Waals surface area (Å²) in [5.41, 5.74) is 1.73. The smallest absolute Gasteiger partial charge is 0.252 e. The molecule has 2 saturated heterocycles. The molecule has 0 aromatic carbocycles. The number of aryl methyl sites for hydroxylation is 1. The summed E-state index contributed by atoms with van der Waals surface area (Å²) in [4.78, 5) is 29.4. The third-order valence-electron chi connectivity index (χ3n) is 4.82. The highest BCUT2D eigenvalue weighted by Crippen LogP contribution is 2.36. The van der Waals surface area contributed by atoms with E-state index in [2.05, 4.69) is 20.5 Å². The molecule has 1 aromatic rings. The molecular weight excluding hydrogens is 280 g/mol. The van der Waals surface area contributed by atoms with Crippen molar-refractivity contribution >= 4 is 18.0 Å². The maximum absolute atomic E-state index is 12.2. The average molecular weight is 302 g/mol. The van der Waals surface area contributed by atoms with Crippen LogP contribution in [0.1, 0.15) is 41.7 Å². The second-order valence-electron chi connectivity index (χ2n) is 6.08. The Labute approximate surface area is 130 Å². The molecule has 3 rings (SSSR count). The summed E-state index contributed by atoms with van der Waals surface area (Å²) >= 11 is 0. The number of pyridine rings is 1. The molecule has 0 atom stereocenters. The number of aromatic nitrogens is 1. The fourth-order valence-corrected chi connectivity index (χ4v) is 3.65. The lowest BCUT2D eigenvalue weighted by Crippen LogP contribution is -2.37. The van der Waals surface area contributed by atoms with E-state index in [-0.39, 0.29) is 5.91 Å². The van der Waals surface area contributed by atoms with Crippen molar-refractivity contribution in [3.8, 4) is 0 Å². The molecular formula is C16H22N4O2. The SMILES string of the molecule is Cc1ncc(C(=O)NCCN2C3CCC2CC3)cc1NC=O. The molecule has 2 aliphatic rings. The predicted molar refractivity (Wildman–Crippen MR) is 83.7 cm³/mol. The first-order chi connectivity index (χ1) is 10.7. The van der Waals surface area contributed by atoms with Gasteiger partial charge in [0.25, 0.3) is 5.91 Å². The molecule has 2 N–H and O–H groups in total. The first-order valence-corrected chi connectivity index (χ1v) is 7.90. The highest BCUT2D eigenvalue weighted by molar-refractivity contribution is 5.95. The normalized spacial score (nSPS) is 23.5. The second-order valence-corrected chi connectivity index (χ2v) is 6.08. The van der Waals surface area contributed by atoms with E-state index in [1.165, 1.54) is 25.7 Å². The van der Waals surface area contributed by atoms with Crippen LogP contribution in [0.4, 0.5) is 5.69 Å². The van der Waals surface area contributed by atoms with Gasteiger partial charge in [-0.15, -0.1) is 0 Å². The van der Waals surface area contributed by atoms with Crippen LogP contribution in [-0.2, 0) is 4.79 Å². The maximum atomic E-state index is 12.2. The van der Waals surface area contributed by atoms with Crippen LogP contribution in [0, 0.1) is 6.92 Å². The molecule has 0 aliphatic carbocycles. The third kappa shape index (κ3) is 2.97. The Balaban J connectivity index is 1.53. The Kier molecular flexibility index (Phi) is 4.38. The van der Waals surface area contributed by atoms with Crippen molar-refractivity contribution < 1.29 is 9.59 Å². The summed E-state index contributed by atoms with van der Waals surface area (Å²) in [6.45, 7) is 3.35. The molecule has 6 heteroatoms. The van der Waals surface area contributed by atoms with E-state index in [1.54, 1.807) is 19.2 Å². The van der Waals surface area contributed by atoms with Crippen LogP contribution >= 0.6 is 0 Å². The van der Waals surface area contributed by atoms with Gasteiger partial charge in [0, 0.05) is 31.4 Å². The van der Waals surface area contributed by atoms with E-state index < -0.39 is 0 Å². The van der Waals surface area contributed by atoms with Gasteiger partial charge in [0.1, 0.15) is 0 Å². The summed E-state index contributed by atoms with van der Waals surface area (Å²) in [5, 5.41) is 5.51. The number of hydrogen-bond donors (Lipinski definition) is 2. The molecule has 2 amide bonds. The lowest BCUT2D eigenvalue weighted by molar-refractivity contribution is -0.105. The molecule has 2 fully saturated rings. The number of hydrogen-bond acceptors (Lipinski definition) is 4. The number of nitrogens with one attached hydrogen (secondary N) is 2. The molecule has 2 aliphatic heterocycles. The van der Waals surface area contributed by atoms with E-state index >= 15 is 0 Å². The maximum Gasteiger partial charge on any atom is 0.252 e. The van der Waals surface area contributed by atoms with Crippen molar-refractivity contribution in [3.05, 3.63) is 23.5 Å². The van der Waals surface area contributed by atoms with Gasteiger partial charge in [-0.1, -0.05) is 0 Å². The van der Waals surface area contributed by atoms with Gasteiger partial charge in [-0.05, 0) is 38.7 Å². The van der Waals surface area contributed by atoms with Gasteiger partial charge in [0.05, 0.1) is 16.9 Å². The van der Waals surface area contributed by atoms with Crippen molar-refractivity contribution in [2.45, 2.75) is 44.7 Å². The van der Waals surface area contributed by atoms with E-state index in [0.717, 1.165) is 18.6 Å². The molecule has 3 heterocycles. The van der Waals surface area contributed by atoms with Crippen LogP contribution in [0.25, 0.3) is 0 Å². The molecule has 1 aromatic heterocycles. The van der Waals surface area contributed by atoms with Gasteiger partial charge >= 0.3 is 0 Å². The first-order valence-electron chi connectivity index (χ1n) is 7.90. The van der Waals surface area contributed by atoms with Gasteiger partial charge in [0.15, 0.2) is 0 Å². The molecule has 0 spiro atoms. The number of nitrogens with zero attached hydrogens (tertiary/aromatic N) is 2. The van der Waals surface area contributed by atoms with E-state index in [9.17, 15) is 9.59 Å². The molecule has 6 nitrogen and oxygen atoms in total. The minimum Gasteiger partial charge on any atom is -0.351 e. The monoisotopic (exact) mass is 302 g/mol. The zero-order valence-electron chi connectivity index (χ0n) is 12.8. The van der Waals surface area contributed by atoms with Crippen molar-refractivity contribution in [1.82, 2.24) is 15.2 Å². The summed E-state index contributed by atoms with van der Waals surface area (Å²) in [6, 6.07) is 3.11. The fraction of sp³-hybridized carbons (Fsp3) is 0.562. The summed E-state index contributed by atoms with van der Waals surface area (Å²) in [5.74, 6) is -0.145. The van der Waals surface area contributed by atoms with Crippen molar-refractivity contribution in [3.63, 3.8) is 0 Å². The Morgan fingerprint density at radius 2 is 2.05 bits per heavy atom. The molecule has 0 saturated carbocycles. The number of amides is 2. The predicted octanol–water partition coefficient (Wildman–Crippen LogP) is 1.31. The Hall–Kier alpha value is -1.95. The highest BCUT2D eigenvalue weighted by Gasteiger charge is 2.38. The van der Waals surface area contributed by atoms with E-state index in [4.69, 9.17) is 0 Å². The van der Waals surface area contributed by atoms with Crippen molar-refractivity contribution in [1.29, 1.82) is 0 Å². The Bertz CT molecular complexity index is 555. The number of carbonyl (C=O) groups is 2. The minimum atomic E-state index is -0.145. The molecule has 2 bridgehead atoms. The van der Waals surface area contributed by atoms with Gasteiger partial charge in [0.2, 0.25) is 6.41 Å². The molecule has 0 unspecified atom stereocenters. The zero-order chi connectivity index (χ0) is 15.5. The summed E-state index contributed by atoms with van der Waals surface area (Å²) in [6.07, 6.45) is 7.36. The van der Waals surface area contributed by atoms with Gasteiger partial charge < -0.3 is 10.6 Å². The number of fused-ring (bicyclic) bond motifs is 2. The second kappa shape index (κ2) is 6.44. The van der Waals surface area contributed by atoms with E-state index in [0.29, 0.717) is 29.9 Å². The van der Waals surface area contributed by atoms with E-state index in [1.807, 2.05) is 0 Å². The van der Waals surface area contributed by atoms with Crippen molar-refractivity contribution in [2.24, 2.45) is 0 Å². The standard InChI is InChI=1S/C16H22N4O2/c1-11-15(19-10-21)8-12(9-18-11)16(22)17-6-7-20-13-2-3-14(20)5-4-13/h8-10,13-14H,2-7H2,1H3,(H,17,22)(H,19,21). The van der Waals surface area contributed by atoms with Crippen LogP contribution in [0.2, 0.25) is 0 Å². The van der Waals surface area contributed by atoms with Crippen LogP contribution in [-0.4, -0.2) is 47.4 Å². The van der Waals surface area contributed by atoms with Crippen LogP contribution in [0.5, 0.6) is 0 Å². The zero-order valence-corrected chi connectivity index (χ0v) is 12.8. The number of carbonyl (C=O) groups excluding carboxylic acids is 2. The lowest BCUT2D eigenvalue weighted by Gasteiger charge is -2.21. The van der Waals surface area contributed by atoms with Crippen LogP contribution in [0.3, 0.4) is 0 Å². The third-order valence-corrected chi connectivity index (χ3v) is 4.82. The number of rotatable bonds is 6. The first kappa shape index (κ1) is 15.0. The Morgan fingerprint density at radius 1 is 1.36 bits per heavy atom. The highest BCUT2D eigenvalue weighted by atomic mass is 16.1. The topological polar surface area (TPSA) is 74.3 Å². The van der Waals surface area contributed by atoms with Crippen LogP contribution in [0.15, 0.2) is 12.3 Å². The Morgan fingerprint density at radius 3 is 2.68 bits per heavy atom. The van der Waals surface area contributed by atoms with Crippen LogP contribution < -0.4 is 10.6 Å². The molecule has 0 radical (unpaired) electrons.